The second-order valence-electron chi connectivity index (χ2n) is 5.38. The number of hydrogen-bond donors (Lipinski definition) is 1. The molecule has 0 saturated heterocycles. The number of anilines is 4. The molecule has 2 aromatic carbocycles. The zero-order valence-corrected chi connectivity index (χ0v) is 14.6. The van der Waals surface area contributed by atoms with Crippen LogP contribution in [0.15, 0.2) is 60.8 Å². The van der Waals surface area contributed by atoms with E-state index in [0.29, 0.717) is 23.0 Å². The number of methoxy groups -OCH3 is 1. The summed E-state index contributed by atoms with van der Waals surface area (Å²) >= 11 is 0. The Balaban J connectivity index is 1.90. The van der Waals surface area contributed by atoms with Gasteiger partial charge in [-0.25, -0.2) is 4.79 Å². The van der Waals surface area contributed by atoms with Crippen LogP contribution in [0.2, 0.25) is 0 Å². The van der Waals surface area contributed by atoms with Gasteiger partial charge in [0.05, 0.1) is 24.6 Å². The van der Waals surface area contributed by atoms with Crippen LogP contribution in [-0.2, 0) is 4.74 Å². The lowest BCUT2D eigenvalue weighted by Crippen LogP contribution is -2.18. The van der Waals surface area contributed by atoms with Crippen LogP contribution in [0.4, 0.5) is 23.1 Å². The Morgan fingerprint density at radius 2 is 1.85 bits per heavy atom. The molecule has 0 saturated carbocycles. The van der Waals surface area contributed by atoms with Gasteiger partial charge in [-0.05, 0) is 31.2 Å². The van der Waals surface area contributed by atoms with E-state index in [1.54, 1.807) is 24.4 Å². The van der Waals surface area contributed by atoms with E-state index in [0.717, 1.165) is 12.2 Å². The van der Waals surface area contributed by atoms with Crippen molar-refractivity contribution in [1.82, 2.24) is 15.2 Å². The summed E-state index contributed by atoms with van der Waals surface area (Å²) in [4.78, 5) is 18.5. The first kappa shape index (κ1) is 17.3. The third kappa shape index (κ3) is 3.77. The molecule has 0 aliphatic carbocycles. The van der Waals surface area contributed by atoms with Crippen molar-refractivity contribution >= 4 is 29.1 Å². The van der Waals surface area contributed by atoms with Gasteiger partial charge >= 0.3 is 5.97 Å². The van der Waals surface area contributed by atoms with Gasteiger partial charge in [0.1, 0.15) is 0 Å². The number of hydrogen-bond acceptors (Lipinski definition) is 7. The fraction of sp³-hybridized carbons (Fsp3) is 0.158. The molecule has 0 amide bonds. The van der Waals surface area contributed by atoms with Gasteiger partial charge in [-0.1, -0.05) is 30.3 Å². The molecule has 26 heavy (non-hydrogen) atoms. The molecule has 7 heteroatoms. The van der Waals surface area contributed by atoms with Crippen molar-refractivity contribution in [2.24, 2.45) is 0 Å². The van der Waals surface area contributed by atoms with Crippen molar-refractivity contribution in [3.8, 4) is 0 Å². The topological polar surface area (TPSA) is 80.2 Å². The molecule has 0 unspecified atom stereocenters. The molecular formula is C19H19N5O2. The van der Waals surface area contributed by atoms with Gasteiger partial charge in [0.15, 0.2) is 5.82 Å². The van der Waals surface area contributed by atoms with Crippen LogP contribution in [0.5, 0.6) is 0 Å². The summed E-state index contributed by atoms with van der Waals surface area (Å²) in [6, 6.07) is 16.9. The first-order valence-electron chi connectivity index (χ1n) is 8.19. The fourth-order valence-electron chi connectivity index (χ4n) is 2.56. The van der Waals surface area contributed by atoms with E-state index in [1.807, 2.05) is 48.2 Å². The molecule has 132 valence electrons. The molecule has 3 rings (SSSR count). The predicted octanol–water partition coefficient (Wildman–Crippen LogP) is 3.56. The number of esters is 1. The molecular weight excluding hydrogens is 330 g/mol. The van der Waals surface area contributed by atoms with Gasteiger partial charge in [0, 0.05) is 12.2 Å². The van der Waals surface area contributed by atoms with E-state index in [2.05, 4.69) is 20.5 Å². The van der Waals surface area contributed by atoms with Gasteiger partial charge in [-0.3, -0.25) is 0 Å². The largest absolute Gasteiger partial charge is 0.465 e. The first-order chi connectivity index (χ1) is 12.7. The van der Waals surface area contributed by atoms with Gasteiger partial charge in [-0.15, -0.1) is 5.10 Å². The number of carbonyl (C=O) groups excluding carboxylic acids is 1. The number of carbonyl (C=O) groups is 1. The Labute approximate surface area is 151 Å². The minimum Gasteiger partial charge on any atom is -0.465 e. The van der Waals surface area contributed by atoms with Gasteiger partial charge in [-0.2, -0.15) is 10.1 Å². The molecule has 0 atom stereocenters. The van der Waals surface area contributed by atoms with Crippen LogP contribution in [0.1, 0.15) is 17.3 Å². The molecule has 1 N–H and O–H groups in total. The number of benzene rings is 2. The second-order valence-corrected chi connectivity index (χ2v) is 5.38. The van der Waals surface area contributed by atoms with Crippen molar-refractivity contribution in [2.45, 2.75) is 6.92 Å². The predicted molar refractivity (Wildman–Crippen MR) is 100 cm³/mol. The highest BCUT2D eigenvalue weighted by Crippen LogP contribution is 2.24. The molecule has 0 fully saturated rings. The number of rotatable bonds is 6. The fourth-order valence-corrected chi connectivity index (χ4v) is 2.56. The van der Waals surface area contributed by atoms with E-state index in [-0.39, 0.29) is 0 Å². The van der Waals surface area contributed by atoms with Crippen LogP contribution in [0.25, 0.3) is 0 Å². The standard InChI is InChI=1S/C19H19N5O2/c1-3-24(14-9-5-4-6-10-14)17-13-20-23-19(22-17)21-16-12-8-7-11-15(16)18(25)26-2/h4-13H,3H2,1-2H3,(H,21,22,23). The van der Waals surface area contributed by atoms with Crippen LogP contribution in [0, 0.1) is 0 Å². The highest BCUT2D eigenvalue weighted by molar-refractivity contribution is 5.96. The van der Waals surface area contributed by atoms with E-state index in [9.17, 15) is 4.79 Å². The number of nitrogens with zero attached hydrogens (tertiary/aromatic N) is 4. The van der Waals surface area contributed by atoms with Crippen molar-refractivity contribution < 1.29 is 9.53 Å². The summed E-state index contributed by atoms with van der Waals surface area (Å²) in [5, 5.41) is 11.1. The third-order valence-corrected chi connectivity index (χ3v) is 3.79. The Hall–Kier alpha value is -3.48. The van der Waals surface area contributed by atoms with E-state index in [4.69, 9.17) is 4.74 Å². The molecule has 0 bridgehead atoms. The Kier molecular flexibility index (Phi) is 5.38. The average molecular weight is 349 g/mol. The van der Waals surface area contributed by atoms with E-state index < -0.39 is 5.97 Å². The average Bonchev–Trinajstić information content (AvgIpc) is 2.69. The van der Waals surface area contributed by atoms with Crippen molar-refractivity contribution in [1.29, 1.82) is 0 Å². The highest BCUT2D eigenvalue weighted by atomic mass is 16.5. The number of ether oxygens (including phenoxy) is 1. The summed E-state index contributed by atoms with van der Waals surface area (Å²) in [6.07, 6.45) is 1.61. The second kappa shape index (κ2) is 8.06. The molecule has 1 heterocycles. The van der Waals surface area contributed by atoms with Gasteiger partial charge in [0.2, 0.25) is 5.95 Å². The minimum absolute atomic E-state index is 0.299. The van der Waals surface area contributed by atoms with Crippen molar-refractivity contribution in [3.05, 3.63) is 66.4 Å². The zero-order valence-electron chi connectivity index (χ0n) is 14.6. The van der Waals surface area contributed by atoms with E-state index in [1.165, 1.54) is 7.11 Å². The molecule has 7 nitrogen and oxygen atoms in total. The van der Waals surface area contributed by atoms with Crippen LogP contribution < -0.4 is 10.2 Å². The number of aromatic nitrogens is 3. The molecule has 1 aromatic heterocycles. The normalized spacial score (nSPS) is 10.2. The van der Waals surface area contributed by atoms with Crippen LogP contribution in [-0.4, -0.2) is 34.8 Å². The Morgan fingerprint density at radius 3 is 2.58 bits per heavy atom. The molecule has 0 aliphatic heterocycles. The Bertz CT molecular complexity index is 886. The molecule has 0 spiro atoms. The molecule has 0 radical (unpaired) electrons. The first-order valence-corrected chi connectivity index (χ1v) is 8.19. The van der Waals surface area contributed by atoms with Crippen molar-refractivity contribution in [2.75, 3.05) is 23.9 Å². The van der Waals surface area contributed by atoms with Crippen LogP contribution in [0.3, 0.4) is 0 Å². The molecule has 0 aliphatic rings. The van der Waals surface area contributed by atoms with Crippen LogP contribution >= 0.6 is 0 Å². The van der Waals surface area contributed by atoms with Gasteiger partial charge < -0.3 is 15.0 Å². The lowest BCUT2D eigenvalue weighted by atomic mass is 10.2. The summed E-state index contributed by atoms with van der Waals surface area (Å²) in [7, 11) is 1.34. The lowest BCUT2D eigenvalue weighted by molar-refractivity contribution is 0.0602. The highest BCUT2D eigenvalue weighted by Gasteiger charge is 2.14. The number of para-hydroxylation sites is 2. The zero-order chi connectivity index (χ0) is 18.4. The maximum Gasteiger partial charge on any atom is 0.339 e. The lowest BCUT2D eigenvalue weighted by Gasteiger charge is -2.21. The smallest absolute Gasteiger partial charge is 0.339 e. The maximum absolute atomic E-state index is 11.9. The quantitative estimate of drug-likeness (QED) is 0.682. The monoisotopic (exact) mass is 349 g/mol. The summed E-state index contributed by atoms with van der Waals surface area (Å²) < 4.78 is 4.81. The van der Waals surface area contributed by atoms with E-state index >= 15 is 0 Å². The SMILES string of the molecule is CCN(c1ccccc1)c1cnnc(Nc2ccccc2C(=O)OC)n1. The Morgan fingerprint density at radius 1 is 1.12 bits per heavy atom. The third-order valence-electron chi connectivity index (χ3n) is 3.79. The van der Waals surface area contributed by atoms with Gasteiger partial charge in [0.25, 0.3) is 0 Å². The van der Waals surface area contributed by atoms with Crippen molar-refractivity contribution in [3.63, 3.8) is 0 Å². The maximum atomic E-state index is 11.9. The minimum atomic E-state index is -0.434. The summed E-state index contributed by atoms with van der Waals surface area (Å²) in [5.74, 6) is 0.525. The summed E-state index contributed by atoms with van der Waals surface area (Å²) in [5.41, 5.74) is 1.97. The molecule has 3 aromatic rings. The number of nitrogens with one attached hydrogen (secondary N) is 1. The summed E-state index contributed by atoms with van der Waals surface area (Å²) in [6.45, 7) is 2.76.